The summed E-state index contributed by atoms with van der Waals surface area (Å²) in [6, 6.07) is 12.1. The minimum atomic E-state index is 0.261. The molecule has 0 fully saturated rings. The summed E-state index contributed by atoms with van der Waals surface area (Å²) in [4.78, 5) is 22.6. The van der Waals surface area contributed by atoms with E-state index in [1.165, 1.54) is 18.2 Å². The lowest BCUT2D eigenvalue weighted by Gasteiger charge is -2.10. The molecule has 0 aliphatic carbocycles. The summed E-state index contributed by atoms with van der Waals surface area (Å²) in [5, 5.41) is 0. The van der Waals surface area contributed by atoms with E-state index in [0.29, 0.717) is 17.6 Å². The summed E-state index contributed by atoms with van der Waals surface area (Å²) in [6.07, 6.45) is 5.70. The molecule has 0 unspecified atom stereocenters. The highest BCUT2D eigenvalue weighted by atomic mass is 16.6. The Hall–Kier alpha value is -3.48. The predicted molar refractivity (Wildman–Crippen MR) is 94.7 cm³/mol. The monoisotopic (exact) mass is 332 g/mol. The Bertz CT molecular complexity index is 1010. The van der Waals surface area contributed by atoms with Crippen LogP contribution in [-0.2, 0) is 6.42 Å². The number of nitrogens with two attached hydrogens (primary N) is 1. The molecule has 0 aliphatic heterocycles. The van der Waals surface area contributed by atoms with E-state index in [1.54, 1.807) is 12.4 Å². The lowest BCUT2D eigenvalue weighted by atomic mass is 10.0. The molecule has 4 aromatic rings. The SMILES string of the molecule is COn1c(N)nc2cc(-c3cncnc3)c(Cc3ccccc3)nc21. The number of aromatic nitrogens is 5. The van der Waals surface area contributed by atoms with Crippen LogP contribution in [0.1, 0.15) is 11.3 Å². The van der Waals surface area contributed by atoms with Gasteiger partial charge in [0.1, 0.15) is 19.0 Å². The van der Waals surface area contributed by atoms with Crippen LogP contribution in [0, 0.1) is 0 Å². The van der Waals surface area contributed by atoms with Crippen LogP contribution in [0.15, 0.2) is 55.1 Å². The molecule has 0 saturated heterocycles. The van der Waals surface area contributed by atoms with Gasteiger partial charge in [0.15, 0.2) is 5.65 Å². The van der Waals surface area contributed by atoms with Crippen LogP contribution in [0.5, 0.6) is 0 Å². The number of nitrogen functional groups attached to an aromatic ring is 1. The molecule has 0 atom stereocenters. The van der Waals surface area contributed by atoms with Crippen LogP contribution in [0.4, 0.5) is 5.95 Å². The van der Waals surface area contributed by atoms with Crippen molar-refractivity contribution >= 4 is 17.1 Å². The Morgan fingerprint density at radius 2 is 1.84 bits per heavy atom. The van der Waals surface area contributed by atoms with Gasteiger partial charge in [-0.1, -0.05) is 30.3 Å². The lowest BCUT2D eigenvalue weighted by molar-refractivity contribution is 0.181. The van der Waals surface area contributed by atoms with Gasteiger partial charge in [-0.2, -0.15) is 0 Å². The molecule has 124 valence electrons. The van der Waals surface area contributed by atoms with Crippen LogP contribution in [0.25, 0.3) is 22.3 Å². The van der Waals surface area contributed by atoms with Crippen molar-refractivity contribution in [3.05, 3.63) is 66.4 Å². The Morgan fingerprint density at radius 1 is 1.08 bits per heavy atom. The van der Waals surface area contributed by atoms with Crippen molar-refractivity contribution in [3.63, 3.8) is 0 Å². The highest BCUT2D eigenvalue weighted by Gasteiger charge is 2.16. The van der Waals surface area contributed by atoms with Gasteiger partial charge in [-0.3, -0.25) is 0 Å². The summed E-state index contributed by atoms with van der Waals surface area (Å²) < 4.78 is 1.43. The second kappa shape index (κ2) is 6.20. The summed E-state index contributed by atoms with van der Waals surface area (Å²) >= 11 is 0. The highest BCUT2D eigenvalue weighted by Crippen LogP contribution is 2.28. The third kappa shape index (κ3) is 2.76. The topological polar surface area (TPSA) is 91.7 Å². The zero-order valence-corrected chi connectivity index (χ0v) is 13.6. The summed E-state index contributed by atoms with van der Waals surface area (Å²) in [5.41, 5.74) is 11.0. The predicted octanol–water partition coefficient (Wildman–Crippen LogP) is 2.12. The van der Waals surface area contributed by atoms with Crippen molar-refractivity contribution in [1.29, 1.82) is 0 Å². The first-order valence-corrected chi connectivity index (χ1v) is 7.78. The van der Waals surface area contributed by atoms with Crippen molar-refractivity contribution in [2.75, 3.05) is 12.8 Å². The molecule has 2 N–H and O–H groups in total. The molecule has 4 rings (SSSR count). The van der Waals surface area contributed by atoms with Crippen molar-refractivity contribution < 1.29 is 4.84 Å². The van der Waals surface area contributed by atoms with Crippen LogP contribution in [0.3, 0.4) is 0 Å². The molecule has 0 amide bonds. The Balaban J connectivity index is 1.93. The average Bonchev–Trinajstić information content (AvgIpc) is 2.96. The van der Waals surface area contributed by atoms with E-state index in [2.05, 4.69) is 27.1 Å². The average molecular weight is 332 g/mol. The van der Waals surface area contributed by atoms with E-state index in [4.69, 9.17) is 15.6 Å². The van der Waals surface area contributed by atoms with E-state index in [-0.39, 0.29) is 5.95 Å². The number of nitrogens with zero attached hydrogens (tertiary/aromatic N) is 5. The largest absolute Gasteiger partial charge is 0.412 e. The first kappa shape index (κ1) is 15.1. The first-order valence-electron chi connectivity index (χ1n) is 7.78. The fourth-order valence-electron chi connectivity index (χ4n) is 2.83. The fraction of sp³-hybridized carbons (Fsp3) is 0.111. The van der Waals surface area contributed by atoms with Crippen LogP contribution in [-0.4, -0.2) is 31.8 Å². The van der Waals surface area contributed by atoms with Gasteiger partial charge >= 0.3 is 0 Å². The molecule has 0 aliphatic rings. The molecule has 0 radical (unpaired) electrons. The summed E-state index contributed by atoms with van der Waals surface area (Å²) in [6.45, 7) is 0. The van der Waals surface area contributed by atoms with Gasteiger partial charge in [-0.05, 0) is 11.6 Å². The number of imidazole rings is 1. The lowest BCUT2D eigenvalue weighted by Crippen LogP contribution is -2.10. The number of rotatable bonds is 4. The second-order valence-electron chi connectivity index (χ2n) is 5.56. The zero-order chi connectivity index (χ0) is 17.2. The second-order valence-corrected chi connectivity index (χ2v) is 5.56. The number of hydrogen-bond acceptors (Lipinski definition) is 6. The van der Waals surface area contributed by atoms with Gasteiger partial charge in [0.25, 0.3) is 0 Å². The van der Waals surface area contributed by atoms with Gasteiger partial charge in [-0.15, -0.1) is 4.73 Å². The smallest absolute Gasteiger partial charge is 0.237 e. The highest BCUT2D eigenvalue weighted by molar-refractivity contribution is 5.81. The molecule has 7 heteroatoms. The standard InChI is InChI=1S/C18H16N6O/c1-25-24-17-16(23-18(24)19)8-14(13-9-20-11-21-10-13)15(22-17)7-12-5-3-2-4-6-12/h2-6,8-11H,7H2,1H3,(H2,19,23). The van der Waals surface area contributed by atoms with E-state index < -0.39 is 0 Å². The summed E-state index contributed by atoms with van der Waals surface area (Å²) in [5.74, 6) is 0.261. The van der Waals surface area contributed by atoms with Crippen LogP contribution in [0.2, 0.25) is 0 Å². The van der Waals surface area contributed by atoms with E-state index in [0.717, 1.165) is 22.4 Å². The molecular weight excluding hydrogens is 316 g/mol. The first-order chi connectivity index (χ1) is 12.3. The normalized spacial score (nSPS) is 10.9. The summed E-state index contributed by atoms with van der Waals surface area (Å²) in [7, 11) is 1.54. The minimum absolute atomic E-state index is 0.261. The molecule has 1 aromatic carbocycles. The molecule has 7 nitrogen and oxygen atoms in total. The van der Waals surface area contributed by atoms with Gasteiger partial charge in [0.2, 0.25) is 5.95 Å². The number of anilines is 1. The van der Waals surface area contributed by atoms with Gasteiger partial charge in [-0.25, -0.2) is 19.9 Å². The van der Waals surface area contributed by atoms with Gasteiger partial charge in [0.05, 0.1) is 5.69 Å². The Morgan fingerprint density at radius 3 is 2.56 bits per heavy atom. The molecule has 25 heavy (non-hydrogen) atoms. The maximum Gasteiger partial charge on any atom is 0.237 e. The van der Waals surface area contributed by atoms with E-state index in [9.17, 15) is 0 Å². The molecular formula is C18H16N6O. The maximum absolute atomic E-state index is 5.92. The number of benzene rings is 1. The third-order valence-corrected chi connectivity index (χ3v) is 3.97. The van der Waals surface area contributed by atoms with Crippen LogP contribution < -0.4 is 10.6 Å². The number of hydrogen-bond donors (Lipinski definition) is 1. The quantitative estimate of drug-likeness (QED) is 0.615. The minimum Gasteiger partial charge on any atom is -0.412 e. The Kier molecular flexibility index (Phi) is 3.74. The van der Waals surface area contributed by atoms with Gasteiger partial charge < -0.3 is 10.6 Å². The molecule has 3 heterocycles. The molecule has 3 aromatic heterocycles. The third-order valence-electron chi connectivity index (χ3n) is 3.97. The zero-order valence-electron chi connectivity index (χ0n) is 13.6. The van der Waals surface area contributed by atoms with Crippen molar-refractivity contribution in [2.24, 2.45) is 0 Å². The molecule has 0 spiro atoms. The van der Waals surface area contributed by atoms with Gasteiger partial charge in [0, 0.05) is 29.9 Å². The molecule has 0 saturated carbocycles. The van der Waals surface area contributed by atoms with Crippen LogP contribution >= 0.6 is 0 Å². The number of fused-ring (bicyclic) bond motifs is 1. The Labute approximate surface area is 144 Å². The van der Waals surface area contributed by atoms with Crippen molar-refractivity contribution in [2.45, 2.75) is 6.42 Å². The van der Waals surface area contributed by atoms with E-state index in [1.807, 2.05) is 24.3 Å². The van der Waals surface area contributed by atoms with Crippen molar-refractivity contribution in [3.8, 4) is 11.1 Å². The number of pyridine rings is 1. The fourth-order valence-corrected chi connectivity index (χ4v) is 2.83. The van der Waals surface area contributed by atoms with E-state index >= 15 is 0 Å². The molecule has 0 bridgehead atoms. The maximum atomic E-state index is 5.92. The van der Waals surface area contributed by atoms with Crippen molar-refractivity contribution in [1.82, 2.24) is 24.7 Å².